The van der Waals surface area contributed by atoms with Crippen LogP contribution in [0.25, 0.3) is 0 Å². The molecule has 1 aliphatic carbocycles. The van der Waals surface area contributed by atoms with Crippen molar-refractivity contribution in [2.24, 2.45) is 5.92 Å². The van der Waals surface area contributed by atoms with Crippen molar-refractivity contribution in [2.45, 2.75) is 51.0 Å². The first-order valence-corrected chi connectivity index (χ1v) is 7.53. The molecule has 0 aromatic rings. The minimum atomic E-state index is -4.29. The second-order valence-electron chi connectivity index (χ2n) is 5.66. The quantitative estimate of drug-likeness (QED) is 0.640. The van der Waals surface area contributed by atoms with Crippen LogP contribution < -0.4 is 5.32 Å². The van der Waals surface area contributed by atoms with Crippen LogP contribution in [-0.4, -0.2) is 56.4 Å². The fourth-order valence-electron chi connectivity index (χ4n) is 2.42. The fraction of sp³-hybridized carbons (Fsp3) is 1.00. The number of rotatable bonds is 9. The number of halogens is 3. The van der Waals surface area contributed by atoms with E-state index in [0.717, 1.165) is 12.8 Å². The first-order chi connectivity index (χ1) is 9.88. The van der Waals surface area contributed by atoms with Gasteiger partial charge in [0.2, 0.25) is 0 Å². The average Bonchev–Trinajstić information content (AvgIpc) is 2.40. The summed E-state index contributed by atoms with van der Waals surface area (Å²) in [6.07, 6.45) is -0.125. The summed E-state index contributed by atoms with van der Waals surface area (Å²) in [5.74, 6) is 0.523. The molecule has 0 amide bonds. The van der Waals surface area contributed by atoms with Gasteiger partial charge in [-0.2, -0.15) is 13.2 Å². The van der Waals surface area contributed by atoms with Gasteiger partial charge >= 0.3 is 6.18 Å². The summed E-state index contributed by atoms with van der Waals surface area (Å²) in [4.78, 5) is 0. The van der Waals surface area contributed by atoms with Gasteiger partial charge in [-0.1, -0.05) is 19.8 Å². The van der Waals surface area contributed by atoms with Gasteiger partial charge in [0.1, 0.15) is 6.61 Å². The second kappa shape index (κ2) is 9.61. The predicted molar refractivity (Wildman–Crippen MR) is 73.1 cm³/mol. The minimum absolute atomic E-state index is 0.0350. The van der Waals surface area contributed by atoms with Gasteiger partial charge in [0, 0.05) is 13.1 Å². The van der Waals surface area contributed by atoms with E-state index >= 15 is 0 Å². The van der Waals surface area contributed by atoms with Crippen LogP contribution in [0.4, 0.5) is 13.2 Å². The largest absolute Gasteiger partial charge is 0.411 e. The molecular formula is C14H26F3NO3. The van der Waals surface area contributed by atoms with Gasteiger partial charge < -0.3 is 19.9 Å². The van der Waals surface area contributed by atoms with E-state index < -0.39 is 18.9 Å². The molecular weight excluding hydrogens is 287 g/mol. The molecule has 3 atom stereocenters. The zero-order chi connectivity index (χ0) is 15.7. The van der Waals surface area contributed by atoms with Gasteiger partial charge in [0.15, 0.2) is 0 Å². The van der Waals surface area contributed by atoms with Crippen molar-refractivity contribution < 1.29 is 27.8 Å². The molecule has 1 saturated carbocycles. The first-order valence-electron chi connectivity index (χ1n) is 7.53. The van der Waals surface area contributed by atoms with E-state index in [1.807, 2.05) is 0 Å². The molecule has 1 aliphatic rings. The highest BCUT2D eigenvalue weighted by Crippen LogP contribution is 2.26. The van der Waals surface area contributed by atoms with Crippen molar-refractivity contribution in [3.8, 4) is 0 Å². The van der Waals surface area contributed by atoms with E-state index in [1.54, 1.807) is 0 Å². The topological polar surface area (TPSA) is 50.7 Å². The summed E-state index contributed by atoms with van der Waals surface area (Å²) >= 11 is 0. The van der Waals surface area contributed by atoms with Gasteiger partial charge in [0.25, 0.3) is 0 Å². The monoisotopic (exact) mass is 313 g/mol. The van der Waals surface area contributed by atoms with Crippen LogP contribution in [0.2, 0.25) is 0 Å². The highest BCUT2D eigenvalue weighted by molar-refractivity contribution is 4.73. The van der Waals surface area contributed by atoms with Crippen molar-refractivity contribution in [1.29, 1.82) is 0 Å². The van der Waals surface area contributed by atoms with E-state index in [9.17, 15) is 18.3 Å². The van der Waals surface area contributed by atoms with Crippen molar-refractivity contribution >= 4 is 0 Å². The predicted octanol–water partition coefficient (Wildman–Crippen LogP) is 2.11. The smallest absolute Gasteiger partial charge is 0.389 e. The Bertz CT molecular complexity index is 277. The van der Waals surface area contributed by atoms with Gasteiger partial charge in [0.05, 0.1) is 25.4 Å². The Balaban J connectivity index is 1.97. The van der Waals surface area contributed by atoms with Gasteiger partial charge in [-0.05, 0) is 18.8 Å². The second-order valence-corrected chi connectivity index (χ2v) is 5.66. The standard InChI is InChI=1S/C14H26F3NO3/c1-11-4-2-3-5-13(11)21-9-12(19)8-18-6-7-20-10-14(15,16)17/h11-13,18-19H,2-10H2,1H3. The number of alkyl halides is 3. The Morgan fingerprint density at radius 3 is 2.67 bits per heavy atom. The molecule has 0 aromatic heterocycles. The fourth-order valence-corrected chi connectivity index (χ4v) is 2.42. The SMILES string of the molecule is CC1CCCCC1OCC(O)CNCCOCC(F)(F)F. The molecule has 0 heterocycles. The molecule has 0 spiro atoms. The number of ether oxygens (including phenoxy) is 2. The molecule has 3 unspecified atom stereocenters. The Morgan fingerprint density at radius 1 is 1.29 bits per heavy atom. The molecule has 126 valence electrons. The van der Waals surface area contributed by atoms with Crippen LogP contribution in [0.15, 0.2) is 0 Å². The summed E-state index contributed by atoms with van der Waals surface area (Å²) in [5.41, 5.74) is 0. The van der Waals surface area contributed by atoms with Crippen molar-refractivity contribution in [1.82, 2.24) is 5.32 Å². The number of aliphatic hydroxyl groups excluding tert-OH is 1. The summed E-state index contributed by atoms with van der Waals surface area (Å²) in [7, 11) is 0. The third-order valence-electron chi connectivity index (χ3n) is 3.60. The highest BCUT2D eigenvalue weighted by Gasteiger charge is 2.27. The first kappa shape index (κ1) is 18.7. The van der Waals surface area contributed by atoms with Crippen LogP contribution in [0.3, 0.4) is 0 Å². The summed E-state index contributed by atoms with van der Waals surface area (Å²) in [6.45, 7) is 1.70. The summed E-state index contributed by atoms with van der Waals surface area (Å²) < 4.78 is 45.6. The molecule has 21 heavy (non-hydrogen) atoms. The minimum Gasteiger partial charge on any atom is -0.389 e. The Labute approximate surface area is 124 Å². The Morgan fingerprint density at radius 2 is 2.00 bits per heavy atom. The highest BCUT2D eigenvalue weighted by atomic mass is 19.4. The lowest BCUT2D eigenvalue weighted by Crippen LogP contribution is -2.35. The molecule has 4 nitrogen and oxygen atoms in total. The van der Waals surface area contributed by atoms with Crippen LogP contribution >= 0.6 is 0 Å². The van der Waals surface area contributed by atoms with E-state index in [2.05, 4.69) is 17.0 Å². The Kier molecular flexibility index (Phi) is 8.55. The van der Waals surface area contributed by atoms with Crippen LogP contribution in [0.5, 0.6) is 0 Å². The maximum atomic E-state index is 11.8. The maximum Gasteiger partial charge on any atom is 0.411 e. The average molecular weight is 313 g/mol. The normalized spacial score (nSPS) is 25.0. The number of hydrogen-bond acceptors (Lipinski definition) is 4. The zero-order valence-corrected chi connectivity index (χ0v) is 12.5. The third kappa shape index (κ3) is 9.29. The van der Waals surface area contributed by atoms with E-state index in [4.69, 9.17) is 4.74 Å². The molecule has 2 N–H and O–H groups in total. The molecule has 0 saturated heterocycles. The summed E-state index contributed by atoms with van der Waals surface area (Å²) in [6, 6.07) is 0. The molecule has 1 rings (SSSR count). The lowest BCUT2D eigenvalue weighted by Gasteiger charge is -2.29. The van der Waals surface area contributed by atoms with Crippen molar-refractivity contribution in [2.75, 3.05) is 32.9 Å². The van der Waals surface area contributed by atoms with Crippen LogP contribution in [0.1, 0.15) is 32.6 Å². The van der Waals surface area contributed by atoms with Gasteiger partial charge in [-0.25, -0.2) is 0 Å². The summed E-state index contributed by atoms with van der Waals surface area (Å²) in [5, 5.41) is 12.6. The van der Waals surface area contributed by atoms with Gasteiger partial charge in [-0.3, -0.25) is 0 Å². The van der Waals surface area contributed by atoms with E-state index in [1.165, 1.54) is 12.8 Å². The zero-order valence-electron chi connectivity index (χ0n) is 12.5. The lowest BCUT2D eigenvalue weighted by atomic mass is 9.88. The number of aliphatic hydroxyl groups is 1. The van der Waals surface area contributed by atoms with E-state index in [0.29, 0.717) is 5.92 Å². The lowest BCUT2D eigenvalue weighted by molar-refractivity contribution is -0.173. The molecule has 0 aliphatic heterocycles. The Hall–Kier alpha value is -0.370. The van der Waals surface area contributed by atoms with E-state index in [-0.39, 0.29) is 32.4 Å². The van der Waals surface area contributed by atoms with Crippen molar-refractivity contribution in [3.05, 3.63) is 0 Å². The van der Waals surface area contributed by atoms with Crippen LogP contribution in [0, 0.1) is 5.92 Å². The molecule has 7 heteroatoms. The van der Waals surface area contributed by atoms with Crippen LogP contribution in [-0.2, 0) is 9.47 Å². The molecule has 0 aromatic carbocycles. The maximum absolute atomic E-state index is 11.8. The number of nitrogens with one attached hydrogen (secondary N) is 1. The van der Waals surface area contributed by atoms with Crippen molar-refractivity contribution in [3.63, 3.8) is 0 Å². The molecule has 0 bridgehead atoms. The third-order valence-corrected chi connectivity index (χ3v) is 3.60. The molecule has 0 radical (unpaired) electrons. The number of hydrogen-bond donors (Lipinski definition) is 2. The molecule has 1 fully saturated rings. The van der Waals surface area contributed by atoms with Gasteiger partial charge in [-0.15, -0.1) is 0 Å².